The molecule has 0 aliphatic rings. The van der Waals surface area contributed by atoms with Gasteiger partial charge in [-0.15, -0.1) is 11.3 Å². The lowest BCUT2D eigenvalue weighted by molar-refractivity contribution is 0.0693. The molecule has 1 N–H and O–H groups in total. The molecule has 0 saturated heterocycles. The number of aromatic nitrogens is 2. The lowest BCUT2D eigenvalue weighted by atomic mass is 10.2. The van der Waals surface area contributed by atoms with Gasteiger partial charge in [0, 0.05) is 6.20 Å². The highest BCUT2D eigenvalue weighted by Crippen LogP contribution is 2.32. The smallest absolute Gasteiger partial charge is 0.356 e. The summed E-state index contributed by atoms with van der Waals surface area (Å²) in [4.78, 5) is 16.4. The van der Waals surface area contributed by atoms with Crippen LogP contribution >= 0.6 is 22.9 Å². The second kappa shape index (κ2) is 4.36. The van der Waals surface area contributed by atoms with E-state index < -0.39 is 5.97 Å². The number of aromatic carboxylic acids is 1. The Labute approximate surface area is 117 Å². The van der Waals surface area contributed by atoms with Gasteiger partial charge in [-0.3, -0.25) is 4.40 Å². The van der Waals surface area contributed by atoms with Crippen LogP contribution in [0.15, 0.2) is 30.5 Å². The summed E-state index contributed by atoms with van der Waals surface area (Å²) in [5.41, 5.74) is 1.56. The maximum absolute atomic E-state index is 11.3. The molecule has 3 aromatic rings. The number of carbonyl (C=O) groups is 1. The second-order valence-electron chi connectivity index (χ2n) is 4.10. The number of carboxylic acid groups (broad SMARTS) is 1. The molecule has 4 nitrogen and oxygen atoms in total. The number of aryl methyl sites for hydroxylation is 1. The van der Waals surface area contributed by atoms with Gasteiger partial charge in [-0.1, -0.05) is 17.7 Å². The highest BCUT2D eigenvalue weighted by molar-refractivity contribution is 7.19. The Bertz CT molecular complexity index is 791. The van der Waals surface area contributed by atoms with Gasteiger partial charge in [-0.2, -0.15) is 0 Å². The molecule has 0 aliphatic carbocycles. The maximum atomic E-state index is 11.3. The van der Waals surface area contributed by atoms with E-state index in [-0.39, 0.29) is 5.69 Å². The average molecular weight is 293 g/mol. The first kappa shape index (κ1) is 12.2. The van der Waals surface area contributed by atoms with Crippen LogP contribution in [0.4, 0.5) is 0 Å². The van der Waals surface area contributed by atoms with Gasteiger partial charge in [0.25, 0.3) is 0 Å². The number of thiophene rings is 1. The van der Waals surface area contributed by atoms with Gasteiger partial charge in [-0.05, 0) is 30.7 Å². The Morgan fingerprint density at radius 3 is 2.84 bits per heavy atom. The summed E-state index contributed by atoms with van der Waals surface area (Å²) in [5, 5.41) is 9.27. The molecule has 0 fully saturated rings. The van der Waals surface area contributed by atoms with Crippen molar-refractivity contribution < 1.29 is 9.90 Å². The first-order chi connectivity index (χ1) is 9.08. The lowest BCUT2D eigenvalue weighted by Crippen LogP contribution is -1.98. The number of nitrogens with zero attached hydrogens (tertiary/aromatic N) is 2. The fourth-order valence-electron chi connectivity index (χ4n) is 2.06. The summed E-state index contributed by atoms with van der Waals surface area (Å²) in [7, 11) is 0. The molecule has 96 valence electrons. The van der Waals surface area contributed by atoms with Crippen molar-refractivity contribution in [1.82, 2.24) is 9.38 Å². The van der Waals surface area contributed by atoms with E-state index in [9.17, 15) is 9.90 Å². The Morgan fingerprint density at radius 2 is 2.21 bits per heavy atom. The summed E-state index contributed by atoms with van der Waals surface area (Å²) in [6.07, 6.45) is 1.81. The molecule has 0 aliphatic heterocycles. The molecule has 0 amide bonds. The van der Waals surface area contributed by atoms with Crippen LogP contribution < -0.4 is 0 Å². The van der Waals surface area contributed by atoms with Gasteiger partial charge >= 0.3 is 5.97 Å². The van der Waals surface area contributed by atoms with Crippen LogP contribution in [0.25, 0.3) is 16.2 Å². The summed E-state index contributed by atoms with van der Waals surface area (Å²) in [6.45, 7) is 1.87. The van der Waals surface area contributed by atoms with Gasteiger partial charge in [-0.25, -0.2) is 9.78 Å². The lowest BCUT2D eigenvalue weighted by Gasteiger charge is -2.00. The molecule has 19 heavy (non-hydrogen) atoms. The minimum Gasteiger partial charge on any atom is -0.476 e. The van der Waals surface area contributed by atoms with E-state index >= 15 is 0 Å². The molecule has 3 aromatic heterocycles. The maximum Gasteiger partial charge on any atom is 0.356 e. The molecule has 0 spiro atoms. The van der Waals surface area contributed by atoms with Gasteiger partial charge in [0.15, 0.2) is 11.5 Å². The highest BCUT2D eigenvalue weighted by Gasteiger charge is 2.19. The third-order valence-electron chi connectivity index (χ3n) is 2.86. The van der Waals surface area contributed by atoms with Crippen LogP contribution in [-0.2, 0) is 0 Å². The number of fused-ring (bicyclic) bond motifs is 1. The topological polar surface area (TPSA) is 54.6 Å². The third-order valence-corrected chi connectivity index (χ3v) is 4.09. The van der Waals surface area contributed by atoms with Crippen molar-refractivity contribution in [2.45, 2.75) is 6.92 Å². The molecule has 0 radical (unpaired) electrons. The second-order valence-corrected chi connectivity index (χ2v) is 5.82. The SMILES string of the molecule is Cc1cccn2c(-c3ccc(Cl)s3)nc(C(=O)O)c12. The Hall–Kier alpha value is -1.85. The Kier molecular flexibility index (Phi) is 2.80. The molecule has 0 aromatic carbocycles. The van der Waals surface area contributed by atoms with Crippen molar-refractivity contribution in [2.75, 3.05) is 0 Å². The minimum atomic E-state index is -1.03. The predicted octanol–water partition coefficient (Wildman–Crippen LogP) is 3.72. The molecule has 0 saturated carbocycles. The van der Waals surface area contributed by atoms with Crippen molar-refractivity contribution in [1.29, 1.82) is 0 Å². The van der Waals surface area contributed by atoms with E-state index in [0.29, 0.717) is 15.7 Å². The standard InChI is InChI=1S/C13H9ClN2O2S/c1-7-3-2-6-16-11(7)10(13(17)18)15-12(16)8-4-5-9(14)19-8/h2-6H,1H3,(H,17,18). The molecule has 0 unspecified atom stereocenters. The van der Waals surface area contributed by atoms with Crippen LogP contribution in [-0.4, -0.2) is 20.5 Å². The van der Waals surface area contributed by atoms with E-state index in [2.05, 4.69) is 4.98 Å². The molecule has 0 atom stereocenters. The van der Waals surface area contributed by atoms with E-state index in [0.717, 1.165) is 10.4 Å². The molecular formula is C13H9ClN2O2S. The molecular weight excluding hydrogens is 284 g/mol. The van der Waals surface area contributed by atoms with Crippen LogP contribution in [0.5, 0.6) is 0 Å². The molecule has 6 heteroatoms. The Morgan fingerprint density at radius 1 is 1.42 bits per heavy atom. The first-order valence-corrected chi connectivity index (χ1v) is 6.74. The van der Waals surface area contributed by atoms with Crippen molar-refractivity contribution in [3.05, 3.63) is 46.1 Å². The normalized spacial score (nSPS) is 11.1. The number of imidazole rings is 1. The first-order valence-electron chi connectivity index (χ1n) is 5.54. The van der Waals surface area contributed by atoms with Crippen LogP contribution in [0.2, 0.25) is 4.34 Å². The number of hydrogen-bond acceptors (Lipinski definition) is 3. The number of hydrogen-bond donors (Lipinski definition) is 1. The van der Waals surface area contributed by atoms with Crippen LogP contribution in [0.3, 0.4) is 0 Å². The van der Waals surface area contributed by atoms with Gasteiger partial charge < -0.3 is 5.11 Å². The quantitative estimate of drug-likeness (QED) is 0.783. The third kappa shape index (κ3) is 1.91. The number of rotatable bonds is 2. The van der Waals surface area contributed by atoms with Gasteiger partial charge in [0.2, 0.25) is 0 Å². The van der Waals surface area contributed by atoms with Gasteiger partial charge in [0.1, 0.15) is 0 Å². The average Bonchev–Trinajstić information content (AvgIpc) is 2.93. The largest absolute Gasteiger partial charge is 0.476 e. The van der Waals surface area contributed by atoms with E-state index in [1.54, 1.807) is 10.5 Å². The van der Waals surface area contributed by atoms with Crippen LogP contribution in [0, 0.1) is 6.92 Å². The number of carboxylic acids is 1. The zero-order valence-electron chi connectivity index (χ0n) is 9.92. The Balaban J connectivity index is 2.38. The van der Waals surface area contributed by atoms with Crippen molar-refractivity contribution in [3.63, 3.8) is 0 Å². The van der Waals surface area contributed by atoms with E-state index in [1.165, 1.54) is 11.3 Å². The van der Waals surface area contributed by atoms with Crippen molar-refractivity contribution in [3.8, 4) is 10.7 Å². The predicted molar refractivity (Wildman–Crippen MR) is 75.2 cm³/mol. The highest BCUT2D eigenvalue weighted by atomic mass is 35.5. The van der Waals surface area contributed by atoms with Crippen molar-refractivity contribution in [2.24, 2.45) is 0 Å². The molecule has 3 rings (SSSR count). The summed E-state index contributed by atoms with van der Waals surface area (Å²) < 4.78 is 2.44. The number of pyridine rings is 1. The summed E-state index contributed by atoms with van der Waals surface area (Å²) in [5.74, 6) is -0.422. The van der Waals surface area contributed by atoms with E-state index in [1.807, 2.05) is 31.3 Å². The fraction of sp³-hybridized carbons (Fsp3) is 0.0769. The summed E-state index contributed by atoms with van der Waals surface area (Å²) in [6, 6.07) is 7.36. The van der Waals surface area contributed by atoms with Gasteiger partial charge in [0.05, 0.1) is 14.7 Å². The van der Waals surface area contributed by atoms with Crippen LogP contribution in [0.1, 0.15) is 16.1 Å². The van der Waals surface area contributed by atoms with E-state index in [4.69, 9.17) is 11.6 Å². The van der Waals surface area contributed by atoms with Crippen molar-refractivity contribution >= 4 is 34.4 Å². The zero-order valence-corrected chi connectivity index (χ0v) is 11.5. The zero-order chi connectivity index (χ0) is 13.6. The summed E-state index contributed by atoms with van der Waals surface area (Å²) >= 11 is 7.30. The molecule has 3 heterocycles. The molecule has 0 bridgehead atoms. The monoisotopic (exact) mass is 292 g/mol. The number of halogens is 1. The fourth-order valence-corrected chi connectivity index (χ4v) is 3.09. The minimum absolute atomic E-state index is 0.0672.